The molecule has 0 spiro atoms. The third-order valence-corrected chi connectivity index (χ3v) is 3.54. The van der Waals surface area contributed by atoms with Gasteiger partial charge in [0, 0.05) is 23.8 Å². The Morgan fingerprint density at radius 2 is 2.50 bits per heavy atom. The smallest absolute Gasteiger partial charge is 0.257 e. The molecule has 2 N–H and O–H groups in total. The van der Waals surface area contributed by atoms with Gasteiger partial charge >= 0.3 is 0 Å². The monoisotopic (exact) mass is 339 g/mol. The predicted molar refractivity (Wildman–Crippen MR) is 77.5 cm³/mol. The SMILES string of the molecule is CN1CCOC(C(=O)Nc2nc3ncc(Br)cc3[nH]2)C1. The van der Waals surface area contributed by atoms with Gasteiger partial charge in [0.15, 0.2) is 5.65 Å². The number of hydrogen-bond donors (Lipinski definition) is 2. The van der Waals surface area contributed by atoms with Crippen molar-refractivity contribution in [3.05, 3.63) is 16.7 Å². The highest BCUT2D eigenvalue weighted by Crippen LogP contribution is 2.17. The number of aromatic amines is 1. The summed E-state index contributed by atoms with van der Waals surface area (Å²) in [5.41, 5.74) is 1.32. The van der Waals surface area contributed by atoms with Crippen LogP contribution in [0.5, 0.6) is 0 Å². The Bertz CT molecular complexity index is 644. The van der Waals surface area contributed by atoms with E-state index in [2.05, 4.69) is 41.1 Å². The Morgan fingerprint density at radius 1 is 1.65 bits per heavy atom. The number of fused-ring (bicyclic) bond motifs is 1. The summed E-state index contributed by atoms with van der Waals surface area (Å²) in [5, 5.41) is 2.73. The number of imidazole rings is 1. The van der Waals surface area contributed by atoms with Gasteiger partial charge in [0.1, 0.15) is 6.10 Å². The van der Waals surface area contributed by atoms with Crippen molar-refractivity contribution in [2.75, 3.05) is 32.1 Å². The summed E-state index contributed by atoms with van der Waals surface area (Å²) in [4.78, 5) is 25.6. The average Bonchev–Trinajstić information content (AvgIpc) is 2.80. The second-order valence-electron chi connectivity index (χ2n) is 4.72. The van der Waals surface area contributed by atoms with Crippen molar-refractivity contribution in [3.8, 4) is 0 Å². The highest BCUT2D eigenvalue weighted by molar-refractivity contribution is 9.10. The molecule has 0 aliphatic carbocycles. The fourth-order valence-electron chi connectivity index (χ4n) is 2.07. The Hall–Kier alpha value is -1.51. The number of morpholine rings is 1. The number of nitrogens with one attached hydrogen (secondary N) is 2. The lowest BCUT2D eigenvalue weighted by Crippen LogP contribution is -2.46. The van der Waals surface area contributed by atoms with Crippen molar-refractivity contribution in [3.63, 3.8) is 0 Å². The zero-order chi connectivity index (χ0) is 14.1. The van der Waals surface area contributed by atoms with Crippen LogP contribution in [0.4, 0.5) is 5.95 Å². The van der Waals surface area contributed by atoms with Crippen molar-refractivity contribution in [1.29, 1.82) is 0 Å². The first-order valence-corrected chi connectivity index (χ1v) is 7.03. The number of pyridine rings is 1. The van der Waals surface area contributed by atoms with Crippen LogP contribution in [-0.2, 0) is 9.53 Å². The predicted octanol–water partition coefficient (Wildman–Crippen LogP) is 0.989. The molecule has 0 bridgehead atoms. The van der Waals surface area contributed by atoms with Crippen molar-refractivity contribution >= 4 is 38.9 Å². The molecule has 0 saturated carbocycles. The molecule has 1 amide bonds. The maximum Gasteiger partial charge on any atom is 0.257 e. The van der Waals surface area contributed by atoms with Crippen molar-refractivity contribution in [1.82, 2.24) is 19.9 Å². The molecule has 1 aliphatic heterocycles. The van der Waals surface area contributed by atoms with Crippen LogP contribution in [0.2, 0.25) is 0 Å². The summed E-state index contributed by atoms with van der Waals surface area (Å²) < 4.78 is 6.31. The van der Waals surface area contributed by atoms with Crippen molar-refractivity contribution < 1.29 is 9.53 Å². The number of carbonyl (C=O) groups is 1. The molecule has 106 valence electrons. The summed E-state index contributed by atoms with van der Waals surface area (Å²) >= 11 is 3.34. The lowest BCUT2D eigenvalue weighted by atomic mass is 10.2. The van der Waals surface area contributed by atoms with E-state index in [9.17, 15) is 4.79 Å². The van der Waals surface area contributed by atoms with E-state index in [-0.39, 0.29) is 5.91 Å². The first-order valence-electron chi connectivity index (χ1n) is 6.24. The summed E-state index contributed by atoms with van der Waals surface area (Å²) in [7, 11) is 1.96. The zero-order valence-corrected chi connectivity index (χ0v) is 12.5. The summed E-state index contributed by atoms with van der Waals surface area (Å²) in [6.07, 6.45) is 1.19. The van der Waals surface area contributed by atoms with Crippen LogP contribution in [0.25, 0.3) is 11.2 Å². The minimum atomic E-state index is -0.471. The number of rotatable bonds is 2. The van der Waals surface area contributed by atoms with Gasteiger partial charge < -0.3 is 14.6 Å². The molecule has 7 nitrogen and oxygen atoms in total. The van der Waals surface area contributed by atoms with E-state index in [1.165, 1.54) is 0 Å². The molecule has 3 heterocycles. The second kappa shape index (κ2) is 5.47. The van der Waals surface area contributed by atoms with Gasteiger partial charge in [-0.15, -0.1) is 0 Å². The zero-order valence-electron chi connectivity index (χ0n) is 10.9. The third kappa shape index (κ3) is 2.82. The molecular weight excluding hydrogens is 326 g/mol. The van der Waals surface area contributed by atoms with Crippen molar-refractivity contribution in [2.24, 2.45) is 0 Å². The third-order valence-electron chi connectivity index (χ3n) is 3.11. The number of H-pyrrole nitrogens is 1. The number of amides is 1. The van der Waals surface area contributed by atoms with Gasteiger partial charge in [0.25, 0.3) is 5.91 Å². The second-order valence-corrected chi connectivity index (χ2v) is 5.64. The van der Waals surface area contributed by atoms with E-state index in [1.54, 1.807) is 6.20 Å². The molecule has 2 aromatic rings. The van der Waals surface area contributed by atoms with Crippen LogP contribution in [0.3, 0.4) is 0 Å². The Labute approximate surface area is 123 Å². The highest BCUT2D eigenvalue weighted by Gasteiger charge is 2.25. The van der Waals surface area contributed by atoms with Crippen LogP contribution >= 0.6 is 15.9 Å². The fourth-order valence-corrected chi connectivity index (χ4v) is 2.40. The van der Waals surface area contributed by atoms with Crippen molar-refractivity contribution in [2.45, 2.75) is 6.10 Å². The number of nitrogens with zero attached hydrogens (tertiary/aromatic N) is 3. The number of hydrogen-bond acceptors (Lipinski definition) is 5. The number of aromatic nitrogens is 3. The largest absolute Gasteiger partial charge is 0.366 e. The molecule has 1 atom stereocenters. The fraction of sp³-hybridized carbons (Fsp3) is 0.417. The topological polar surface area (TPSA) is 83.1 Å². The molecule has 1 fully saturated rings. The van der Waals surface area contributed by atoms with Crippen LogP contribution in [0.1, 0.15) is 0 Å². The molecule has 1 unspecified atom stereocenters. The molecule has 0 aromatic carbocycles. The van der Waals surface area contributed by atoms with Crippen LogP contribution in [0.15, 0.2) is 16.7 Å². The minimum absolute atomic E-state index is 0.199. The van der Waals surface area contributed by atoms with Gasteiger partial charge in [0.05, 0.1) is 12.1 Å². The first kappa shape index (κ1) is 13.5. The standard InChI is InChI=1S/C12H14BrN5O2/c1-18-2-3-20-9(6-18)11(19)17-12-15-8-4-7(13)5-14-10(8)16-12/h4-5,9H,2-3,6H2,1H3,(H2,14,15,16,17,19). The minimum Gasteiger partial charge on any atom is -0.366 e. The summed E-state index contributed by atoms with van der Waals surface area (Å²) in [6.45, 7) is 1.98. The van der Waals surface area contributed by atoms with Gasteiger partial charge in [-0.3, -0.25) is 10.1 Å². The van der Waals surface area contributed by atoms with Gasteiger partial charge in [-0.2, -0.15) is 4.98 Å². The lowest BCUT2D eigenvalue weighted by Gasteiger charge is -2.28. The van der Waals surface area contributed by atoms with Gasteiger partial charge in [0.2, 0.25) is 5.95 Å². The summed E-state index contributed by atoms with van der Waals surface area (Å²) in [5.74, 6) is 0.182. The van der Waals surface area contributed by atoms with Crippen LogP contribution in [-0.4, -0.2) is 58.6 Å². The Balaban J connectivity index is 1.73. The molecule has 1 aliphatic rings. The van der Waals surface area contributed by atoms with E-state index >= 15 is 0 Å². The van der Waals surface area contributed by atoms with Gasteiger partial charge in [-0.25, -0.2) is 4.98 Å². The molecular formula is C12H14BrN5O2. The number of carbonyl (C=O) groups excluding carboxylic acids is 1. The van der Waals surface area contributed by atoms with Crippen LogP contribution < -0.4 is 5.32 Å². The molecule has 8 heteroatoms. The van der Waals surface area contributed by atoms with E-state index in [0.29, 0.717) is 24.7 Å². The van der Waals surface area contributed by atoms with Crippen LogP contribution in [0, 0.1) is 0 Å². The maximum absolute atomic E-state index is 12.1. The maximum atomic E-state index is 12.1. The first-order chi connectivity index (χ1) is 9.61. The van der Waals surface area contributed by atoms with Gasteiger partial charge in [-0.1, -0.05) is 0 Å². The quantitative estimate of drug-likeness (QED) is 0.852. The number of likely N-dealkylation sites (N-methyl/N-ethyl adjacent to an activating group) is 1. The average molecular weight is 340 g/mol. The Kier molecular flexibility index (Phi) is 3.68. The number of halogens is 1. The van der Waals surface area contributed by atoms with E-state index < -0.39 is 6.10 Å². The molecule has 3 rings (SSSR count). The molecule has 0 radical (unpaired) electrons. The highest BCUT2D eigenvalue weighted by atomic mass is 79.9. The molecule has 2 aromatic heterocycles. The lowest BCUT2D eigenvalue weighted by molar-refractivity contribution is -0.132. The number of anilines is 1. The van der Waals surface area contributed by atoms with Gasteiger partial charge in [-0.05, 0) is 29.0 Å². The Morgan fingerprint density at radius 3 is 3.30 bits per heavy atom. The number of ether oxygens (including phenoxy) is 1. The van der Waals surface area contributed by atoms with E-state index in [4.69, 9.17) is 4.74 Å². The van der Waals surface area contributed by atoms with E-state index in [0.717, 1.165) is 16.5 Å². The normalized spacial score (nSPS) is 20.2. The van der Waals surface area contributed by atoms with E-state index in [1.807, 2.05) is 13.1 Å². The summed E-state index contributed by atoms with van der Waals surface area (Å²) in [6, 6.07) is 1.86. The molecule has 20 heavy (non-hydrogen) atoms. The molecule has 1 saturated heterocycles.